The van der Waals surface area contributed by atoms with Crippen molar-refractivity contribution in [3.8, 4) is 11.5 Å². The summed E-state index contributed by atoms with van der Waals surface area (Å²) >= 11 is 0. The molecule has 2 atom stereocenters. The summed E-state index contributed by atoms with van der Waals surface area (Å²) in [6.45, 7) is 3.05. The minimum Gasteiger partial charge on any atom is -0.497 e. The van der Waals surface area contributed by atoms with Crippen molar-refractivity contribution in [3.05, 3.63) is 23.8 Å². The number of likely N-dealkylation sites (tertiary alicyclic amines) is 1. The van der Waals surface area contributed by atoms with Crippen LogP contribution in [0.5, 0.6) is 11.5 Å². The van der Waals surface area contributed by atoms with Crippen molar-refractivity contribution >= 4 is 11.9 Å². The Kier molecular flexibility index (Phi) is 6.08. The van der Waals surface area contributed by atoms with Gasteiger partial charge in [0.05, 0.1) is 26.2 Å². The number of urea groups is 1. The number of nitrogens with zero attached hydrogens (tertiary/aromatic N) is 1. The normalized spacial score (nSPS) is 20.6. The third-order valence-corrected chi connectivity index (χ3v) is 5.25. The highest BCUT2D eigenvalue weighted by Crippen LogP contribution is 2.29. The number of methoxy groups -OCH3 is 2. The first-order chi connectivity index (χ1) is 13.0. The van der Waals surface area contributed by atoms with Crippen molar-refractivity contribution in [1.29, 1.82) is 0 Å². The number of hydrogen-bond donors (Lipinski definition) is 2. The van der Waals surface area contributed by atoms with E-state index in [0.29, 0.717) is 30.6 Å². The SMILES string of the molecule is COc1ccc(OC)c([C@H](C)NC(=O)N2CCC[C@@H](C(=O)NC3CC3)C2)c1. The topological polar surface area (TPSA) is 79.9 Å². The number of amides is 3. The van der Waals surface area contributed by atoms with E-state index in [0.717, 1.165) is 31.2 Å². The van der Waals surface area contributed by atoms with E-state index >= 15 is 0 Å². The maximum absolute atomic E-state index is 12.7. The molecule has 7 nitrogen and oxygen atoms in total. The van der Waals surface area contributed by atoms with Gasteiger partial charge in [0.1, 0.15) is 11.5 Å². The van der Waals surface area contributed by atoms with E-state index in [9.17, 15) is 9.59 Å². The fourth-order valence-electron chi connectivity index (χ4n) is 3.45. The summed E-state index contributed by atoms with van der Waals surface area (Å²) in [4.78, 5) is 26.8. The van der Waals surface area contributed by atoms with Crippen LogP contribution in [0.4, 0.5) is 4.79 Å². The Morgan fingerprint density at radius 1 is 1.19 bits per heavy atom. The molecule has 1 aliphatic heterocycles. The Morgan fingerprint density at radius 3 is 2.63 bits per heavy atom. The van der Waals surface area contributed by atoms with E-state index in [1.165, 1.54) is 0 Å². The van der Waals surface area contributed by atoms with Crippen molar-refractivity contribution in [1.82, 2.24) is 15.5 Å². The van der Waals surface area contributed by atoms with E-state index in [2.05, 4.69) is 10.6 Å². The lowest BCUT2D eigenvalue weighted by Crippen LogP contribution is -2.49. The molecular weight excluding hydrogens is 346 g/mol. The number of nitrogens with one attached hydrogen (secondary N) is 2. The van der Waals surface area contributed by atoms with Crippen LogP contribution in [0.1, 0.15) is 44.2 Å². The molecule has 0 bridgehead atoms. The highest BCUT2D eigenvalue weighted by molar-refractivity contribution is 5.81. The molecule has 1 saturated carbocycles. The van der Waals surface area contributed by atoms with Crippen LogP contribution in [0.15, 0.2) is 18.2 Å². The van der Waals surface area contributed by atoms with Crippen LogP contribution in [0.25, 0.3) is 0 Å². The molecule has 1 aromatic carbocycles. The van der Waals surface area contributed by atoms with Crippen LogP contribution >= 0.6 is 0 Å². The molecule has 1 aliphatic carbocycles. The lowest BCUT2D eigenvalue weighted by atomic mass is 9.97. The van der Waals surface area contributed by atoms with Gasteiger partial charge in [-0.05, 0) is 50.8 Å². The molecule has 2 fully saturated rings. The van der Waals surface area contributed by atoms with Crippen molar-refractivity contribution in [2.24, 2.45) is 5.92 Å². The van der Waals surface area contributed by atoms with Crippen LogP contribution in [-0.4, -0.2) is 50.2 Å². The third kappa shape index (κ3) is 4.84. The predicted octanol–water partition coefficient (Wildman–Crippen LogP) is 2.46. The molecule has 27 heavy (non-hydrogen) atoms. The maximum Gasteiger partial charge on any atom is 0.317 e. The van der Waals surface area contributed by atoms with Gasteiger partial charge in [0.15, 0.2) is 0 Å². The van der Waals surface area contributed by atoms with Gasteiger partial charge in [-0.25, -0.2) is 4.79 Å². The predicted molar refractivity (Wildman–Crippen MR) is 102 cm³/mol. The van der Waals surface area contributed by atoms with E-state index in [1.807, 2.05) is 25.1 Å². The number of carbonyl (C=O) groups excluding carboxylic acids is 2. The second-order valence-corrected chi connectivity index (χ2v) is 7.35. The summed E-state index contributed by atoms with van der Waals surface area (Å²) in [6, 6.07) is 5.47. The van der Waals surface area contributed by atoms with Crippen molar-refractivity contribution in [3.63, 3.8) is 0 Å². The molecule has 0 unspecified atom stereocenters. The molecule has 3 rings (SSSR count). The zero-order chi connectivity index (χ0) is 19.4. The number of hydrogen-bond acceptors (Lipinski definition) is 4. The molecule has 1 saturated heterocycles. The summed E-state index contributed by atoms with van der Waals surface area (Å²) < 4.78 is 10.7. The minimum atomic E-state index is -0.247. The Morgan fingerprint density at radius 2 is 1.96 bits per heavy atom. The number of benzene rings is 1. The van der Waals surface area contributed by atoms with Crippen molar-refractivity contribution < 1.29 is 19.1 Å². The first kappa shape index (κ1) is 19.3. The Hall–Kier alpha value is -2.44. The van der Waals surface area contributed by atoms with Gasteiger partial charge in [0, 0.05) is 24.7 Å². The van der Waals surface area contributed by atoms with Crippen molar-refractivity contribution in [2.45, 2.75) is 44.7 Å². The Bertz CT molecular complexity index is 690. The summed E-state index contributed by atoms with van der Waals surface area (Å²) in [5.41, 5.74) is 0.852. The number of rotatable bonds is 6. The number of piperidine rings is 1. The fraction of sp³-hybridized carbons (Fsp3) is 0.600. The molecule has 2 aliphatic rings. The summed E-state index contributed by atoms with van der Waals surface area (Å²) in [5, 5.41) is 6.07. The van der Waals surface area contributed by atoms with Crippen LogP contribution in [0.2, 0.25) is 0 Å². The van der Waals surface area contributed by atoms with Crippen LogP contribution in [0, 0.1) is 5.92 Å². The minimum absolute atomic E-state index is 0.0810. The smallest absolute Gasteiger partial charge is 0.317 e. The molecule has 1 heterocycles. The number of carbonyl (C=O) groups is 2. The standard InChI is InChI=1S/C20H29N3O4/c1-13(17-11-16(26-2)8-9-18(17)27-3)21-20(25)23-10-4-5-14(12-23)19(24)22-15-6-7-15/h8-9,11,13-15H,4-7,10,12H2,1-3H3,(H,21,25)(H,22,24)/t13-,14+/m0/s1. The van der Waals surface area contributed by atoms with Crippen LogP contribution < -0.4 is 20.1 Å². The summed E-state index contributed by atoms with van der Waals surface area (Å²) in [7, 11) is 3.21. The van der Waals surface area contributed by atoms with Gasteiger partial charge >= 0.3 is 6.03 Å². The molecule has 1 aromatic rings. The van der Waals surface area contributed by atoms with Crippen LogP contribution in [-0.2, 0) is 4.79 Å². The average Bonchev–Trinajstić information content (AvgIpc) is 3.51. The molecule has 0 radical (unpaired) electrons. The van der Waals surface area contributed by atoms with E-state index in [1.54, 1.807) is 19.1 Å². The van der Waals surface area contributed by atoms with E-state index in [-0.39, 0.29) is 23.9 Å². The Balaban J connectivity index is 1.61. The lowest BCUT2D eigenvalue weighted by molar-refractivity contribution is -0.126. The highest BCUT2D eigenvalue weighted by Gasteiger charge is 2.32. The van der Waals surface area contributed by atoms with Gasteiger partial charge in [-0.1, -0.05) is 0 Å². The van der Waals surface area contributed by atoms with Gasteiger partial charge < -0.3 is 25.0 Å². The fourth-order valence-corrected chi connectivity index (χ4v) is 3.45. The highest BCUT2D eigenvalue weighted by atomic mass is 16.5. The molecular formula is C20H29N3O4. The zero-order valence-corrected chi connectivity index (χ0v) is 16.3. The number of ether oxygens (including phenoxy) is 2. The summed E-state index contributed by atoms with van der Waals surface area (Å²) in [5.74, 6) is 1.37. The lowest BCUT2D eigenvalue weighted by Gasteiger charge is -2.33. The zero-order valence-electron chi connectivity index (χ0n) is 16.3. The van der Waals surface area contributed by atoms with E-state index < -0.39 is 0 Å². The largest absolute Gasteiger partial charge is 0.497 e. The first-order valence-electron chi connectivity index (χ1n) is 9.59. The molecule has 0 aromatic heterocycles. The monoisotopic (exact) mass is 375 g/mol. The van der Waals surface area contributed by atoms with Gasteiger partial charge in [0.2, 0.25) is 5.91 Å². The van der Waals surface area contributed by atoms with Gasteiger partial charge in [-0.15, -0.1) is 0 Å². The molecule has 0 spiro atoms. The van der Waals surface area contributed by atoms with Gasteiger partial charge in [0.25, 0.3) is 0 Å². The first-order valence-corrected chi connectivity index (χ1v) is 9.59. The van der Waals surface area contributed by atoms with Gasteiger partial charge in [-0.3, -0.25) is 4.79 Å². The third-order valence-electron chi connectivity index (χ3n) is 5.25. The quantitative estimate of drug-likeness (QED) is 0.800. The maximum atomic E-state index is 12.7. The second kappa shape index (κ2) is 8.50. The molecule has 148 valence electrons. The van der Waals surface area contributed by atoms with Crippen molar-refractivity contribution in [2.75, 3.05) is 27.3 Å². The summed E-state index contributed by atoms with van der Waals surface area (Å²) in [6.07, 6.45) is 3.82. The molecule has 2 N–H and O–H groups in total. The molecule has 3 amide bonds. The van der Waals surface area contributed by atoms with Gasteiger partial charge in [-0.2, -0.15) is 0 Å². The van der Waals surface area contributed by atoms with E-state index in [4.69, 9.17) is 9.47 Å². The average molecular weight is 375 g/mol. The second-order valence-electron chi connectivity index (χ2n) is 7.35. The Labute approximate surface area is 160 Å². The molecule has 7 heteroatoms. The van der Waals surface area contributed by atoms with Crippen LogP contribution in [0.3, 0.4) is 0 Å².